The first kappa shape index (κ1) is 19.4. The zero-order valence-electron chi connectivity index (χ0n) is 15.4. The minimum atomic E-state index is -3.88. The first-order valence-corrected chi connectivity index (χ1v) is 10.4. The Kier molecular flexibility index (Phi) is 5.51. The number of benzene rings is 2. The molecule has 0 saturated carbocycles. The number of amides is 1. The van der Waals surface area contributed by atoms with Crippen LogP contribution in [0.1, 0.15) is 30.6 Å². The molecule has 1 fully saturated rings. The summed E-state index contributed by atoms with van der Waals surface area (Å²) in [6.07, 6.45) is 1.08. The van der Waals surface area contributed by atoms with Crippen LogP contribution in [0.3, 0.4) is 0 Å². The van der Waals surface area contributed by atoms with Crippen LogP contribution in [0.5, 0.6) is 0 Å². The van der Waals surface area contributed by atoms with Crippen LogP contribution in [0.25, 0.3) is 0 Å². The van der Waals surface area contributed by atoms with Gasteiger partial charge < -0.3 is 4.90 Å². The first-order chi connectivity index (χ1) is 12.7. The Morgan fingerprint density at radius 3 is 2.33 bits per heavy atom. The number of anilines is 1. The summed E-state index contributed by atoms with van der Waals surface area (Å²) in [5, 5.41) is 0. The minimum absolute atomic E-state index is 0.00391. The molecule has 0 aliphatic carbocycles. The van der Waals surface area contributed by atoms with E-state index in [1.165, 1.54) is 36.4 Å². The Bertz CT molecular complexity index is 918. The topological polar surface area (TPSA) is 66.5 Å². The highest BCUT2D eigenvalue weighted by atomic mass is 32.2. The second-order valence-corrected chi connectivity index (χ2v) is 8.98. The highest BCUT2D eigenvalue weighted by Gasteiger charge is 2.27. The highest BCUT2D eigenvalue weighted by molar-refractivity contribution is 7.92. The Morgan fingerprint density at radius 1 is 1.07 bits per heavy atom. The van der Waals surface area contributed by atoms with Crippen molar-refractivity contribution in [1.29, 1.82) is 0 Å². The number of likely N-dealkylation sites (tertiary alicyclic amines) is 1. The number of sulfonamides is 1. The fourth-order valence-electron chi connectivity index (χ4n) is 3.54. The first-order valence-electron chi connectivity index (χ1n) is 8.92. The third kappa shape index (κ3) is 4.66. The van der Waals surface area contributed by atoms with Gasteiger partial charge in [-0.05, 0) is 60.7 Å². The molecule has 2 aromatic carbocycles. The van der Waals surface area contributed by atoms with E-state index in [0.29, 0.717) is 30.5 Å². The fourth-order valence-corrected chi connectivity index (χ4v) is 4.64. The average Bonchev–Trinajstić information content (AvgIpc) is 2.62. The van der Waals surface area contributed by atoms with Crippen LogP contribution in [0.2, 0.25) is 0 Å². The molecule has 1 aliphatic heterocycles. The van der Waals surface area contributed by atoms with E-state index in [1.807, 2.05) is 0 Å². The summed E-state index contributed by atoms with van der Waals surface area (Å²) in [5.74, 6) is 0.234. The van der Waals surface area contributed by atoms with Gasteiger partial charge in [-0.2, -0.15) is 0 Å². The van der Waals surface area contributed by atoms with Gasteiger partial charge in [0.25, 0.3) is 15.9 Å². The Hall–Kier alpha value is -2.41. The molecule has 1 aliphatic rings. The van der Waals surface area contributed by atoms with Gasteiger partial charge in [0, 0.05) is 24.3 Å². The van der Waals surface area contributed by atoms with Gasteiger partial charge >= 0.3 is 0 Å². The summed E-state index contributed by atoms with van der Waals surface area (Å²) >= 11 is 0. The Balaban J connectivity index is 1.82. The molecule has 2 aromatic rings. The summed E-state index contributed by atoms with van der Waals surface area (Å²) in [7, 11) is -3.88. The number of piperidine rings is 1. The van der Waals surface area contributed by atoms with E-state index >= 15 is 0 Å². The van der Waals surface area contributed by atoms with Crippen LogP contribution in [0.15, 0.2) is 53.4 Å². The van der Waals surface area contributed by atoms with Crippen LogP contribution in [0, 0.1) is 17.7 Å². The van der Waals surface area contributed by atoms with Gasteiger partial charge in [-0.1, -0.05) is 19.9 Å². The number of nitrogens with one attached hydrogen (secondary N) is 1. The second-order valence-electron chi connectivity index (χ2n) is 7.30. The smallest absolute Gasteiger partial charge is 0.261 e. The zero-order valence-corrected chi connectivity index (χ0v) is 16.2. The van der Waals surface area contributed by atoms with Gasteiger partial charge in [0.1, 0.15) is 5.82 Å². The van der Waals surface area contributed by atoms with Crippen molar-refractivity contribution in [2.45, 2.75) is 25.2 Å². The lowest BCUT2D eigenvalue weighted by Gasteiger charge is -2.35. The number of hydrogen-bond donors (Lipinski definition) is 1. The van der Waals surface area contributed by atoms with Gasteiger partial charge in [0.05, 0.1) is 4.90 Å². The van der Waals surface area contributed by atoms with E-state index in [2.05, 4.69) is 18.6 Å². The predicted molar refractivity (Wildman–Crippen MR) is 102 cm³/mol. The molecule has 5 nitrogen and oxygen atoms in total. The van der Waals surface area contributed by atoms with Gasteiger partial charge in [-0.15, -0.1) is 0 Å². The SMILES string of the molecule is CC1CC(C)CN(C(=O)c2cccc(S(=O)(=O)Nc3ccc(F)cc3)c2)C1. The van der Waals surface area contributed by atoms with Gasteiger partial charge in [-0.3, -0.25) is 9.52 Å². The second kappa shape index (κ2) is 7.68. The number of carbonyl (C=O) groups excluding carboxylic acids is 1. The molecule has 27 heavy (non-hydrogen) atoms. The molecule has 2 unspecified atom stereocenters. The lowest BCUT2D eigenvalue weighted by molar-refractivity contribution is 0.0623. The standard InChI is InChI=1S/C20H23FN2O3S/c1-14-10-15(2)13-23(12-14)20(24)16-4-3-5-19(11-16)27(25,26)22-18-8-6-17(21)7-9-18/h3-9,11,14-15,22H,10,12-13H2,1-2H3. The van der Waals surface area contributed by atoms with Crippen molar-refractivity contribution < 1.29 is 17.6 Å². The maximum atomic E-state index is 13.0. The molecule has 144 valence electrons. The molecule has 0 aromatic heterocycles. The normalized spacial score (nSPS) is 20.3. The summed E-state index contributed by atoms with van der Waals surface area (Å²) in [5.41, 5.74) is 0.602. The maximum absolute atomic E-state index is 13.0. The molecule has 0 radical (unpaired) electrons. The monoisotopic (exact) mass is 390 g/mol. The summed E-state index contributed by atoms with van der Waals surface area (Å²) < 4.78 is 40.6. The van der Waals surface area contributed by atoms with E-state index < -0.39 is 15.8 Å². The third-order valence-corrected chi connectivity index (χ3v) is 6.02. The summed E-state index contributed by atoms with van der Waals surface area (Å²) in [6.45, 7) is 5.58. The summed E-state index contributed by atoms with van der Waals surface area (Å²) in [4.78, 5) is 14.6. The van der Waals surface area contributed by atoms with Crippen molar-refractivity contribution >= 4 is 21.6 Å². The van der Waals surface area contributed by atoms with Crippen molar-refractivity contribution in [3.8, 4) is 0 Å². The molecule has 3 rings (SSSR count). The minimum Gasteiger partial charge on any atom is -0.338 e. The molecule has 0 spiro atoms. The highest BCUT2D eigenvalue weighted by Crippen LogP contribution is 2.24. The lowest BCUT2D eigenvalue weighted by atomic mass is 9.91. The van der Waals surface area contributed by atoms with Crippen molar-refractivity contribution in [3.63, 3.8) is 0 Å². The van der Waals surface area contributed by atoms with Crippen molar-refractivity contribution in [2.75, 3.05) is 17.8 Å². The molecule has 7 heteroatoms. The molecule has 1 heterocycles. The number of halogens is 1. The molecule has 1 N–H and O–H groups in total. The third-order valence-electron chi connectivity index (χ3n) is 4.64. The average molecular weight is 390 g/mol. The van der Waals surface area contributed by atoms with Gasteiger partial charge in [-0.25, -0.2) is 12.8 Å². The molecule has 1 amide bonds. The molecule has 2 atom stereocenters. The number of nitrogens with zero attached hydrogens (tertiary/aromatic N) is 1. The fraction of sp³-hybridized carbons (Fsp3) is 0.350. The van der Waals surface area contributed by atoms with Crippen molar-refractivity contribution in [3.05, 3.63) is 59.9 Å². The van der Waals surface area contributed by atoms with Crippen LogP contribution in [-0.2, 0) is 10.0 Å². The van der Waals surface area contributed by atoms with Gasteiger partial charge in [0.2, 0.25) is 0 Å². The van der Waals surface area contributed by atoms with Crippen LogP contribution >= 0.6 is 0 Å². The lowest BCUT2D eigenvalue weighted by Crippen LogP contribution is -2.42. The molecular weight excluding hydrogens is 367 g/mol. The number of rotatable bonds is 4. The molecule has 1 saturated heterocycles. The van der Waals surface area contributed by atoms with E-state index in [4.69, 9.17) is 0 Å². The van der Waals surface area contributed by atoms with Crippen molar-refractivity contribution in [2.24, 2.45) is 11.8 Å². The zero-order chi connectivity index (χ0) is 19.6. The van der Waals surface area contributed by atoms with Crippen molar-refractivity contribution in [1.82, 2.24) is 4.90 Å². The maximum Gasteiger partial charge on any atom is 0.261 e. The van der Waals surface area contributed by atoms with E-state index in [9.17, 15) is 17.6 Å². The quantitative estimate of drug-likeness (QED) is 0.865. The summed E-state index contributed by atoms with van der Waals surface area (Å²) in [6, 6.07) is 11.1. The molecular formula is C20H23FN2O3S. The van der Waals surface area contributed by atoms with Gasteiger partial charge in [0.15, 0.2) is 0 Å². The predicted octanol–water partition coefficient (Wildman–Crippen LogP) is 3.74. The van der Waals surface area contributed by atoms with E-state index in [1.54, 1.807) is 17.0 Å². The Morgan fingerprint density at radius 2 is 1.70 bits per heavy atom. The van der Waals surface area contributed by atoms with E-state index in [0.717, 1.165) is 6.42 Å². The molecule has 0 bridgehead atoms. The number of carbonyl (C=O) groups is 1. The largest absolute Gasteiger partial charge is 0.338 e. The van der Waals surface area contributed by atoms with Crippen LogP contribution in [0.4, 0.5) is 10.1 Å². The van der Waals surface area contributed by atoms with Crippen LogP contribution < -0.4 is 4.72 Å². The Labute approximate surface area is 159 Å². The van der Waals surface area contributed by atoms with Crippen LogP contribution in [-0.4, -0.2) is 32.3 Å². The van der Waals surface area contributed by atoms with E-state index in [-0.39, 0.29) is 16.5 Å². The number of hydrogen-bond acceptors (Lipinski definition) is 3.